The summed E-state index contributed by atoms with van der Waals surface area (Å²) in [6.45, 7) is 15.3. The molecule has 4 saturated carbocycles. The standard InChI is InChI=1S/C38H56N2O2/c1-25-10-12-27(13-11-25)29-16-20-37(6)32(35(29,3)4)18-21-36(5)30-17-22-38(34(42)39-23-24-40(7)26(2)41)19-8-9-31(38)28(30)14-15-33(36)37/h10-13,16,28,30-33H,8-9,14-15,17-24H2,1-7H3,(H,39,42). The van der Waals surface area contributed by atoms with Crippen LogP contribution >= 0.6 is 0 Å². The second-order valence-electron chi connectivity index (χ2n) is 16.3. The summed E-state index contributed by atoms with van der Waals surface area (Å²) >= 11 is 0. The molecule has 0 heterocycles. The predicted molar refractivity (Wildman–Crippen MR) is 172 cm³/mol. The summed E-state index contributed by atoms with van der Waals surface area (Å²) in [5.74, 6) is 3.75. The molecule has 6 rings (SSSR count). The first kappa shape index (κ1) is 29.9. The van der Waals surface area contributed by atoms with Crippen molar-refractivity contribution >= 4 is 17.4 Å². The molecule has 0 aromatic heterocycles. The van der Waals surface area contributed by atoms with E-state index in [9.17, 15) is 9.59 Å². The van der Waals surface area contributed by atoms with Crippen LogP contribution in [0.2, 0.25) is 0 Å². The first-order valence-corrected chi connectivity index (χ1v) is 17.1. The third-order valence-electron chi connectivity index (χ3n) is 14.2. The number of nitrogens with one attached hydrogen (secondary N) is 1. The van der Waals surface area contributed by atoms with Gasteiger partial charge in [0, 0.05) is 27.1 Å². The van der Waals surface area contributed by atoms with Crippen molar-refractivity contribution in [2.45, 2.75) is 106 Å². The molecule has 4 nitrogen and oxygen atoms in total. The fourth-order valence-electron chi connectivity index (χ4n) is 12.1. The van der Waals surface area contributed by atoms with Crippen molar-refractivity contribution in [3.8, 4) is 0 Å². The largest absolute Gasteiger partial charge is 0.354 e. The highest BCUT2D eigenvalue weighted by molar-refractivity contribution is 5.83. The fraction of sp³-hybridized carbons (Fsp3) is 0.737. The van der Waals surface area contributed by atoms with Gasteiger partial charge in [0.25, 0.3) is 0 Å². The van der Waals surface area contributed by atoms with Crippen LogP contribution in [0.25, 0.3) is 5.57 Å². The molecule has 1 aromatic rings. The van der Waals surface area contributed by atoms with Gasteiger partial charge in [-0.1, -0.05) is 70.0 Å². The third-order valence-corrected chi connectivity index (χ3v) is 14.2. The number of rotatable bonds is 5. The van der Waals surface area contributed by atoms with Crippen LogP contribution in [0.3, 0.4) is 0 Å². The summed E-state index contributed by atoms with van der Waals surface area (Å²) < 4.78 is 0. The lowest BCUT2D eigenvalue weighted by Crippen LogP contribution is -2.62. The van der Waals surface area contributed by atoms with Crippen LogP contribution in [0.1, 0.15) is 110 Å². The van der Waals surface area contributed by atoms with Gasteiger partial charge < -0.3 is 10.2 Å². The van der Waals surface area contributed by atoms with Gasteiger partial charge in [-0.05, 0) is 122 Å². The zero-order chi connectivity index (χ0) is 30.1. The number of fused-ring (bicyclic) bond motifs is 7. The zero-order valence-corrected chi connectivity index (χ0v) is 27.5. The minimum atomic E-state index is -0.182. The van der Waals surface area contributed by atoms with Crippen molar-refractivity contribution in [2.75, 3.05) is 20.1 Å². The van der Waals surface area contributed by atoms with E-state index in [1.54, 1.807) is 17.4 Å². The average molecular weight is 573 g/mol. The molecule has 1 N–H and O–H groups in total. The van der Waals surface area contributed by atoms with E-state index in [0.717, 1.165) is 24.7 Å². The minimum absolute atomic E-state index is 0.0540. The Bertz CT molecular complexity index is 1250. The smallest absolute Gasteiger partial charge is 0.226 e. The molecule has 5 aliphatic carbocycles. The molecular formula is C38H56N2O2. The maximum Gasteiger partial charge on any atom is 0.226 e. The SMILES string of the molecule is CC(=O)N(C)CCNC(=O)C12CCCC1C1CCC3C(C)(CCC4C(C)(C)C(c5ccc(C)cc5)=CCC43C)C1CC2. The Hall–Kier alpha value is -2.10. The van der Waals surface area contributed by atoms with Gasteiger partial charge in [-0.15, -0.1) is 0 Å². The molecule has 0 saturated heterocycles. The number of carbonyl (C=O) groups excluding carboxylic acids is 2. The molecule has 1 aromatic carbocycles. The predicted octanol–water partition coefficient (Wildman–Crippen LogP) is 8.05. The van der Waals surface area contributed by atoms with Gasteiger partial charge in [0.15, 0.2) is 0 Å². The van der Waals surface area contributed by atoms with E-state index in [1.165, 1.54) is 62.5 Å². The summed E-state index contributed by atoms with van der Waals surface area (Å²) in [6.07, 6.45) is 14.9. The lowest BCUT2D eigenvalue weighted by atomic mass is 9.36. The molecule has 0 aliphatic heterocycles. The maximum absolute atomic E-state index is 13.8. The van der Waals surface area contributed by atoms with Crippen molar-refractivity contribution in [1.29, 1.82) is 0 Å². The Labute approximate surface area is 255 Å². The Kier molecular flexibility index (Phi) is 7.50. The zero-order valence-electron chi connectivity index (χ0n) is 27.5. The lowest BCUT2D eigenvalue weighted by Gasteiger charge is -2.68. The van der Waals surface area contributed by atoms with Gasteiger partial charge >= 0.3 is 0 Å². The maximum atomic E-state index is 13.8. The first-order chi connectivity index (χ1) is 19.8. The van der Waals surface area contributed by atoms with Gasteiger partial charge in [-0.25, -0.2) is 0 Å². The monoisotopic (exact) mass is 572 g/mol. The van der Waals surface area contributed by atoms with Crippen molar-refractivity contribution in [2.24, 2.45) is 51.2 Å². The molecule has 42 heavy (non-hydrogen) atoms. The number of carbonyl (C=O) groups is 2. The summed E-state index contributed by atoms with van der Waals surface area (Å²) in [5, 5.41) is 3.30. The summed E-state index contributed by atoms with van der Waals surface area (Å²) in [4.78, 5) is 27.2. The summed E-state index contributed by atoms with van der Waals surface area (Å²) in [6, 6.07) is 9.24. The first-order valence-electron chi connectivity index (χ1n) is 17.1. The Balaban J connectivity index is 1.23. The molecule has 230 valence electrons. The average Bonchev–Trinajstić information content (AvgIpc) is 3.39. The van der Waals surface area contributed by atoms with Crippen molar-refractivity contribution in [3.63, 3.8) is 0 Å². The van der Waals surface area contributed by atoms with E-state index in [-0.39, 0.29) is 22.6 Å². The summed E-state index contributed by atoms with van der Waals surface area (Å²) in [5.41, 5.74) is 5.01. The van der Waals surface area contributed by atoms with Crippen molar-refractivity contribution in [1.82, 2.24) is 10.2 Å². The topological polar surface area (TPSA) is 49.4 Å². The molecular weight excluding hydrogens is 516 g/mol. The molecule has 8 atom stereocenters. The van der Waals surface area contributed by atoms with Crippen LogP contribution in [0.15, 0.2) is 30.3 Å². The van der Waals surface area contributed by atoms with Crippen LogP contribution in [0.5, 0.6) is 0 Å². The van der Waals surface area contributed by atoms with Gasteiger partial charge in [0.05, 0.1) is 5.41 Å². The number of hydrogen-bond donors (Lipinski definition) is 1. The second kappa shape index (κ2) is 10.5. The number of likely N-dealkylation sites (N-methyl/N-ethyl adjacent to an activating group) is 1. The van der Waals surface area contributed by atoms with Gasteiger partial charge in [-0.2, -0.15) is 0 Å². The number of allylic oxidation sites excluding steroid dienone is 2. The van der Waals surface area contributed by atoms with Crippen molar-refractivity contribution in [3.05, 3.63) is 41.5 Å². The van der Waals surface area contributed by atoms with Gasteiger partial charge in [-0.3, -0.25) is 9.59 Å². The minimum Gasteiger partial charge on any atom is -0.354 e. The Morgan fingerprint density at radius 3 is 2.33 bits per heavy atom. The van der Waals surface area contributed by atoms with Crippen molar-refractivity contribution < 1.29 is 9.59 Å². The van der Waals surface area contributed by atoms with E-state index in [2.05, 4.69) is 70.3 Å². The number of amides is 2. The lowest BCUT2D eigenvalue weighted by molar-refractivity contribution is -0.181. The van der Waals surface area contributed by atoms with Crippen LogP contribution in [-0.4, -0.2) is 36.9 Å². The molecule has 4 heteroatoms. The fourth-order valence-corrected chi connectivity index (χ4v) is 12.1. The highest BCUT2D eigenvalue weighted by atomic mass is 16.2. The number of nitrogens with zero attached hydrogens (tertiary/aromatic N) is 1. The molecule has 8 unspecified atom stereocenters. The van der Waals surface area contributed by atoms with Gasteiger partial charge in [0.2, 0.25) is 11.8 Å². The van der Waals surface area contributed by atoms with Crippen LogP contribution in [0, 0.1) is 58.2 Å². The van der Waals surface area contributed by atoms with Crippen LogP contribution in [-0.2, 0) is 9.59 Å². The van der Waals surface area contributed by atoms with Crippen LogP contribution < -0.4 is 5.32 Å². The number of benzene rings is 1. The summed E-state index contributed by atoms with van der Waals surface area (Å²) in [7, 11) is 1.82. The highest BCUT2D eigenvalue weighted by Gasteiger charge is 2.66. The van der Waals surface area contributed by atoms with E-state index >= 15 is 0 Å². The Morgan fingerprint density at radius 1 is 0.881 bits per heavy atom. The van der Waals surface area contributed by atoms with E-state index in [0.29, 0.717) is 41.7 Å². The molecule has 0 spiro atoms. The van der Waals surface area contributed by atoms with E-state index in [4.69, 9.17) is 0 Å². The van der Waals surface area contributed by atoms with Crippen LogP contribution in [0.4, 0.5) is 0 Å². The number of hydrogen-bond acceptors (Lipinski definition) is 2. The molecule has 5 aliphatic rings. The molecule has 2 amide bonds. The molecule has 0 bridgehead atoms. The van der Waals surface area contributed by atoms with Gasteiger partial charge in [0.1, 0.15) is 0 Å². The molecule has 4 fully saturated rings. The normalized spacial score (nSPS) is 40.1. The quantitative estimate of drug-likeness (QED) is 0.388. The molecule has 0 radical (unpaired) electrons. The highest BCUT2D eigenvalue weighted by Crippen LogP contribution is 2.73. The third kappa shape index (κ3) is 4.43. The second-order valence-corrected chi connectivity index (χ2v) is 16.3. The van der Waals surface area contributed by atoms with E-state index in [1.807, 2.05) is 7.05 Å². The number of aryl methyl sites for hydroxylation is 1. The Morgan fingerprint density at radius 2 is 1.62 bits per heavy atom. The van der Waals surface area contributed by atoms with E-state index < -0.39 is 0 Å².